The zero-order valence-corrected chi connectivity index (χ0v) is 12.3. The number of likely N-dealkylation sites (tertiary alicyclic amines) is 1. The fraction of sp³-hybridized carbons (Fsp3) is 0.667. The van der Waals surface area contributed by atoms with Crippen molar-refractivity contribution >= 4 is 5.91 Å². The lowest BCUT2D eigenvalue weighted by Crippen LogP contribution is -2.46. The molecule has 20 heavy (non-hydrogen) atoms. The van der Waals surface area contributed by atoms with Crippen LogP contribution in [-0.4, -0.2) is 29.9 Å². The van der Waals surface area contributed by atoms with Gasteiger partial charge in [-0.3, -0.25) is 9.69 Å². The predicted molar refractivity (Wildman–Crippen MR) is 77.9 cm³/mol. The summed E-state index contributed by atoms with van der Waals surface area (Å²) in [4.78, 5) is 13.6. The summed E-state index contributed by atoms with van der Waals surface area (Å²) >= 11 is 0. The molecule has 2 rings (SSSR count). The van der Waals surface area contributed by atoms with Crippen LogP contribution in [0.3, 0.4) is 0 Å². The quantitative estimate of drug-likeness (QED) is 0.856. The number of amides is 1. The highest BCUT2D eigenvalue weighted by Crippen LogP contribution is 2.30. The summed E-state index contributed by atoms with van der Waals surface area (Å²) in [5, 5.41) is 0. The zero-order chi connectivity index (χ0) is 14.7. The van der Waals surface area contributed by atoms with E-state index in [-0.39, 0.29) is 23.9 Å². The van der Waals surface area contributed by atoms with Gasteiger partial charge < -0.3 is 15.9 Å². The Hall–Kier alpha value is -1.33. The molecule has 0 aromatic carbocycles. The summed E-state index contributed by atoms with van der Waals surface area (Å²) in [7, 11) is 0. The lowest BCUT2D eigenvalue weighted by atomic mass is 9.92. The lowest BCUT2D eigenvalue weighted by Gasteiger charge is -2.38. The number of carbonyl (C=O) groups excluding carboxylic acids is 1. The van der Waals surface area contributed by atoms with Crippen molar-refractivity contribution in [3.63, 3.8) is 0 Å². The highest BCUT2D eigenvalue weighted by molar-refractivity contribution is 5.76. The summed E-state index contributed by atoms with van der Waals surface area (Å²) in [5.74, 6) is 1.65. The number of aryl methyl sites for hydroxylation is 1. The van der Waals surface area contributed by atoms with Gasteiger partial charge in [0.1, 0.15) is 11.5 Å². The van der Waals surface area contributed by atoms with Gasteiger partial charge in [-0.2, -0.15) is 0 Å². The molecule has 0 radical (unpaired) electrons. The Morgan fingerprint density at radius 1 is 1.45 bits per heavy atom. The van der Waals surface area contributed by atoms with Crippen LogP contribution in [-0.2, 0) is 4.79 Å². The van der Waals surface area contributed by atoms with Crippen LogP contribution < -0.4 is 11.5 Å². The van der Waals surface area contributed by atoms with Crippen molar-refractivity contribution in [2.45, 2.75) is 45.2 Å². The average molecular weight is 279 g/mol. The molecule has 2 atom stereocenters. The van der Waals surface area contributed by atoms with Crippen molar-refractivity contribution in [1.29, 1.82) is 0 Å². The van der Waals surface area contributed by atoms with Crippen LogP contribution in [0.1, 0.15) is 43.7 Å². The highest BCUT2D eigenvalue weighted by atomic mass is 16.3. The predicted octanol–water partition coefficient (Wildman–Crippen LogP) is 1.56. The van der Waals surface area contributed by atoms with E-state index in [4.69, 9.17) is 15.9 Å². The number of rotatable bonds is 5. The van der Waals surface area contributed by atoms with Gasteiger partial charge in [-0.05, 0) is 51.4 Å². The van der Waals surface area contributed by atoms with Crippen molar-refractivity contribution in [2.75, 3.05) is 13.1 Å². The fourth-order valence-electron chi connectivity index (χ4n) is 2.96. The van der Waals surface area contributed by atoms with E-state index in [1.54, 1.807) is 0 Å². The molecule has 1 amide bonds. The molecule has 1 aromatic rings. The van der Waals surface area contributed by atoms with Crippen molar-refractivity contribution in [2.24, 2.45) is 17.4 Å². The molecule has 0 aliphatic carbocycles. The van der Waals surface area contributed by atoms with E-state index < -0.39 is 0 Å². The average Bonchev–Trinajstić information content (AvgIpc) is 2.85. The van der Waals surface area contributed by atoms with E-state index in [9.17, 15) is 4.79 Å². The maximum absolute atomic E-state index is 11.3. The Labute approximate surface area is 120 Å². The number of piperidine rings is 1. The van der Waals surface area contributed by atoms with Crippen LogP contribution in [0.4, 0.5) is 0 Å². The van der Waals surface area contributed by atoms with Gasteiger partial charge in [0.2, 0.25) is 5.91 Å². The molecule has 0 saturated carbocycles. The fourth-order valence-corrected chi connectivity index (χ4v) is 2.96. The number of furan rings is 1. The van der Waals surface area contributed by atoms with Gasteiger partial charge in [-0.15, -0.1) is 0 Å². The molecule has 1 aromatic heterocycles. The van der Waals surface area contributed by atoms with E-state index >= 15 is 0 Å². The van der Waals surface area contributed by atoms with Gasteiger partial charge in [0, 0.05) is 12.0 Å². The Morgan fingerprint density at radius 3 is 2.55 bits per heavy atom. The third kappa shape index (κ3) is 3.22. The molecule has 2 heterocycles. The SMILES string of the molecule is CCC(N)C(c1ccc(C)o1)N1CCC(C(N)=O)CC1. The van der Waals surface area contributed by atoms with Gasteiger partial charge in [-0.1, -0.05) is 6.92 Å². The van der Waals surface area contributed by atoms with Gasteiger partial charge in [0.15, 0.2) is 0 Å². The first-order valence-corrected chi connectivity index (χ1v) is 7.38. The largest absolute Gasteiger partial charge is 0.465 e. The molecule has 0 bridgehead atoms. The molecule has 1 aliphatic heterocycles. The minimum Gasteiger partial charge on any atom is -0.465 e. The zero-order valence-electron chi connectivity index (χ0n) is 12.3. The monoisotopic (exact) mass is 279 g/mol. The maximum atomic E-state index is 11.3. The number of hydrogen-bond donors (Lipinski definition) is 2. The van der Waals surface area contributed by atoms with E-state index in [2.05, 4.69) is 11.8 Å². The maximum Gasteiger partial charge on any atom is 0.220 e. The molecular formula is C15H25N3O2. The van der Waals surface area contributed by atoms with E-state index in [1.165, 1.54) is 0 Å². The Bertz CT molecular complexity index is 450. The summed E-state index contributed by atoms with van der Waals surface area (Å²) in [6, 6.07) is 4.10. The van der Waals surface area contributed by atoms with Crippen molar-refractivity contribution in [3.05, 3.63) is 23.7 Å². The van der Waals surface area contributed by atoms with Crippen LogP contribution in [0.25, 0.3) is 0 Å². The first-order chi connectivity index (χ1) is 9.52. The first kappa shape index (κ1) is 15.1. The molecule has 112 valence electrons. The number of nitrogens with zero attached hydrogens (tertiary/aromatic N) is 1. The van der Waals surface area contributed by atoms with Gasteiger partial charge in [-0.25, -0.2) is 0 Å². The normalized spacial score (nSPS) is 20.8. The van der Waals surface area contributed by atoms with E-state index in [1.807, 2.05) is 19.1 Å². The van der Waals surface area contributed by atoms with Crippen molar-refractivity contribution in [3.8, 4) is 0 Å². The molecule has 5 heteroatoms. The second-order valence-corrected chi connectivity index (χ2v) is 5.68. The van der Waals surface area contributed by atoms with Crippen LogP contribution in [0.2, 0.25) is 0 Å². The summed E-state index contributed by atoms with van der Waals surface area (Å²) in [5.41, 5.74) is 11.7. The lowest BCUT2D eigenvalue weighted by molar-refractivity contribution is -0.123. The van der Waals surface area contributed by atoms with E-state index in [0.717, 1.165) is 43.9 Å². The van der Waals surface area contributed by atoms with Crippen molar-refractivity contribution in [1.82, 2.24) is 4.90 Å². The molecule has 2 unspecified atom stereocenters. The molecule has 5 nitrogen and oxygen atoms in total. The molecule has 0 spiro atoms. The molecular weight excluding hydrogens is 254 g/mol. The second-order valence-electron chi connectivity index (χ2n) is 5.68. The topological polar surface area (TPSA) is 85.5 Å². The Balaban J connectivity index is 2.11. The van der Waals surface area contributed by atoms with Crippen LogP contribution >= 0.6 is 0 Å². The van der Waals surface area contributed by atoms with Gasteiger partial charge in [0.25, 0.3) is 0 Å². The second kappa shape index (κ2) is 6.41. The minimum atomic E-state index is -0.185. The van der Waals surface area contributed by atoms with Crippen LogP contribution in [0.5, 0.6) is 0 Å². The Kier molecular flexibility index (Phi) is 4.83. The number of hydrogen-bond acceptors (Lipinski definition) is 4. The van der Waals surface area contributed by atoms with Gasteiger partial charge >= 0.3 is 0 Å². The third-order valence-corrected chi connectivity index (χ3v) is 4.25. The summed E-state index contributed by atoms with van der Waals surface area (Å²) < 4.78 is 5.78. The summed E-state index contributed by atoms with van der Waals surface area (Å²) in [6.45, 7) is 5.71. The summed E-state index contributed by atoms with van der Waals surface area (Å²) in [6.07, 6.45) is 2.50. The minimum absolute atomic E-state index is 0.00286. The molecule has 1 saturated heterocycles. The van der Waals surface area contributed by atoms with Crippen molar-refractivity contribution < 1.29 is 9.21 Å². The Morgan fingerprint density at radius 2 is 2.10 bits per heavy atom. The molecule has 1 fully saturated rings. The smallest absolute Gasteiger partial charge is 0.220 e. The molecule has 4 N–H and O–H groups in total. The number of nitrogens with two attached hydrogens (primary N) is 2. The first-order valence-electron chi connectivity index (χ1n) is 7.38. The van der Waals surface area contributed by atoms with E-state index in [0.29, 0.717) is 0 Å². The highest BCUT2D eigenvalue weighted by Gasteiger charge is 2.32. The molecule has 1 aliphatic rings. The number of carbonyl (C=O) groups is 1. The van der Waals surface area contributed by atoms with Crippen LogP contribution in [0.15, 0.2) is 16.5 Å². The third-order valence-electron chi connectivity index (χ3n) is 4.25. The van der Waals surface area contributed by atoms with Crippen LogP contribution in [0, 0.1) is 12.8 Å². The van der Waals surface area contributed by atoms with Gasteiger partial charge in [0.05, 0.1) is 6.04 Å². The standard InChI is InChI=1S/C15H25N3O2/c1-3-12(16)14(13-5-4-10(2)20-13)18-8-6-11(7-9-18)15(17)19/h4-5,11-12,14H,3,6-9,16H2,1-2H3,(H2,17,19). The number of primary amides is 1.